The number of hydrogen-bond donors (Lipinski definition) is 3. The number of carbonyl (C=O) groups excluding carboxylic acids is 1. The molecule has 0 aliphatic carbocycles. The van der Waals surface area contributed by atoms with E-state index >= 15 is 4.39 Å². The molecule has 0 saturated carbocycles. The first-order valence-electron chi connectivity index (χ1n) is 11.8. The number of amides is 1. The number of halogens is 1. The number of likely N-dealkylation sites (N-methyl/N-ethyl adjacent to an activating group) is 1. The summed E-state index contributed by atoms with van der Waals surface area (Å²) in [6, 6.07) is 9.28. The minimum absolute atomic E-state index is 0.0244. The Hall–Kier alpha value is -3.19. The number of rotatable bonds is 10. The average molecular weight is 537 g/mol. The lowest BCUT2D eigenvalue weighted by atomic mass is 9.91. The number of carbonyl (C=O) groups is 1. The summed E-state index contributed by atoms with van der Waals surface area (Å²) in [5, 5.41) is 10.9. The standard InChI is InChI=1S/C25H33FN4O6S/c1-6-30(7-2)25(32)35-17-11-12-18-20(15-29(4)5)19(24(31)36-22(18)14-17)13-16-9-8-10-21(23(16)26)28-37(33,34)27-3/h8-12,14,24,27-28,31H,6-7,13,15H2,1-5H3. The van der Waals surface area contributed by atoms with Gasteiger partial charge in [-0.05, 0) is 57.3 Å². The Morgan fingerprint density at radius 2 is 1.89 bits per heavy atom. The van der Waals surface area contributed by atoms with Crippen molar-refractivity contribution in [1.82, 2.24) is 14.5 Å². The lowest BCUT2D eigenvalue weighted by molar-refractivity contribution is 0.00994. The topological polar surface area (TPSA) is 120 Å². The summed E-state index contributed by atoms with van der Waals surface area (Å²) in [7, 11) is 1.02. The number of nitrogens with one attached hydrogen (secondary N) is 2. The third-order valence-corrected chi connectivity index (χ3v) is 6.90. The van der Waals surface area contributed by atoms with E-state index < -0.39 is 28.4 Å². The molecule has 2 aromatic rings. The van der Waals surface area contributed by atoms with Crippen LogP contribution in [0.3, 0.4) is 0 Å². The van der Waals surface area contributed by atoms with Crippen molar-refractivity contribution < 1.29 is 32.2 Å². The number of fused-ring (bicyclic) bond motifs is 1. The number of anilines is 1. The molecule has 0 radical (unpaired) electrons. The van der Waals surface area contributed by atoms with Crippen LogP contribution >= 0.6 is 0 Å². The minimum atomic E-state index is -3.92. The normalized spacial score (nSPS) is 15.3. The molecule has 0 fully saturated rings. The summed E-state index contributed by atoms with van der Waals surface area (Å²) in [5.74, 6) is -0.158. The maximum Gasteiger partial charge on any atom is 0.415 e. The number of aliphatic hydroxyl groups excluding tert-OH is 1. The van der Waals surface area contributed by atoms with Crippen molar-refractivity contribution in [1.29, 1.82) is 0 Å². The maximum absolute atomic E-state index is 15.2. The molecule has 1 unspecified atom stereocenters. The molecule has 10 nitrogen and oxygen atoms in total. The van der Waals surface area contributed by atoms with Crippen molar-refractivity contribution in [2.24, 2.45) is 0 Å². The highest BCUT2D eigenvalue weighted by molar-refractivity contribution is 7.90. The monoisotopic (exact) mass is 536 g/mol. The molecule has 1 aliphatic rings. The van der Waals surface area contributed by atoms with Gasteiger partial charge in [-0.3, -0.25) is 4.72 Å². The Kier molecular flexibility index (Phi) is 9.13. The van der Waals surface area contributed by atoms with E-state index in [1.165, 1.54) is 30.1 Å². The molecular formula is C25H33FN4O6S. The van der Waals surface area contributed by atoms with Crippen molar-refractivity contribution in [3.05, 3.63) is 58.9 Å². The first kappa shape index (κ1) is 28.4. The second kappa shape index (κ2) is 11.9. The van der Waals surface area contributed by atoms with E-state index in [1.807, 2.05) is 32.8 Å². The fourth-order valence-electron chi connectivity index (χ4n) is 3.97. The Bertz CT molecular complexity index is 1280. The molecule has 37 heavy (non-hydrogen) atoms. The highest BCUT2D eigenvalue weighted by atomic mass is 32.2. The first-order chi connectivity index (χ1) is 17.5. The van der Waals surface area contributed by atoms with Crippen LogP contribution in [0.1, 0.15) is 25.0 Å². The fourth-order valence-corrected chi connectivity index (χ4v) is 4.52. The van der Waals surface area contributed by atoms with E-state index in [2.05, 4.69) is 9.44 Å². The Labute approximate surface area is 216 Å². The molecule has 1 heterocycles. The van der Waals surface area contributed by atoms with Gasteiger partial charge in [-0.15, -0.1) is 0 Å². The van der Waals surface area contributed by atoms with Crippen molar-refractivity contribution in [3.8, 4) is 11.5 Å². The van der Waals surface area contributed by atoms with Gasteiger partial charge in [-0.2, -0.15) is 8.42 Å². The van der Waals surface area contributed by atoms with Crippen LogP contribution in [0.25, 0.3) is 5.57 Å². The molecule has 1 aliphatic heterocycles. The van der Waals surface area contributed by atoms with Crippen LogP contribution < -0.4 is 18.9 Å². The van der Waals surface area contributed by atoms with E-state index in [0.717, 1.165) is 5.57 Å². The predicted molar refractivity (Wildman–Crippen MR) is 139 cm³/mol. The van der Waals surface area contributed by atoms with E-state index in [4.69, 9.17) is 9.47 Å². The van der Waals surface area contributed by atoms with Crippen LogP contribution in [0.5, 0.6) is 11.5 Å². The molecule has 0 aromatic heterocycles. The summed E-state index contributed by atoms with van der Waals surface area (Å²) in [5.41, 5.74) is 1.79. The molecule has 2 aromatic carbocycles. The molecule has 0 bridgehead atoms. The summed E-state index contributed by atoms with van der Waals surface area (Å²) in [4.78, 5) is 15.8. The lowest BCUT2D eigenvalue weighted by Crippen LogP contribution is -2.33. The Morgan fingerprint density at radius 1 is 1.19 bits per heavy atom. The van der Waals surface area contributed by atoms with Crippen LogP contribution in [-0.4, -0.2) is 76.5 Å². The lowest BCUT2D eigenvalue weighted by Gasteiger charge is -2.30. The number of hydrogen-bond acceptors (Lipinski definition) is 7. The van der Waals surface area contributed by atoms with E-state index in [9.17, 15) is 18.3 Å². The van der Waals surface area contributed by atoms with Gasteiger partial charge in [0, 0.05) is 50.3 Å². The van der Waals surface area contributed by atoms with Gasteiger partial charge in [-0.1, -0.05) is 12.1 Å². The highest BCUT2D eigenvalue weighted by Crippen LogP contribution is 2.39. The fraction of sp³-hybridized carbons (Fsp3) is 0.400. The molecular weight excluding hydrogens is 503 g/mol. The third kappa shape index (κ3) is 6.77. The average Bonchev–Trinajstić information content (AvgIpc) is 2.83. The van der Waals surface area contributed by atoms with Gasteiger partial charge >= 0.3 is 6.09 Å². The van der Waals surface area contributed by atoms with Gasteiger partial charge in [0.25, 0.3) is 10.2 Å². The Morgan fingerprint density at radius 3 is 2.51 bits per heavy atom. The van der Waals surface area contributed by atoms with Crippen molar-refractivity contribution in [2.75, 3.05) is 45.5 Å². The maximum atomic E-state index is 15.2. The second-order valence-electron chi connectivity index (χ2n) is 8.68. The first-order valence-corrected chi connectivity index (χ1v) is 13.3. The molecule has 0 saturated heterocycles. The van der Waals surface area contributed by atoms with E-state index in [1.54, 1.807) is 18.2 Å². The molecule has 3 N–H and O–H groups in total. The number of nitrogens with zero attached hydrogens (tertiary/aromatic N) is 2. The van der Waals surface area contributed by atoms with Gasteiger partial charge in [0.1, 0.15) is 11.5 Å². The number of benzene rings is 2. The molecule has 1 atom stereocenters. The van der Waals surface area contributed by atoms with E-state index in [-0.39, 0.29) is 23.4 Å². The SMILES string of the molecule is CCN(CC)C(=O)Oc1ccc2c(c1)OC(O)C(Cc1cccc(NS(=O)(=O)NC)c1F)=C2CN(C)C. The van der Waals surface area contributed by atoms with Crippen LogP contribution in [0.2, 0.25) is 0 Å². The highest BCUT2D eigenvalue weighted by Gasteiger charge is 2.29. The molecule has 1 amide bonds. The third-order valence-electron chi connectivity index (χ3n) is 5.88. The zero-order chi connectivity index (χ0) is 27.3. The van der Waals surface area contributed by atoms with Crippen LogP contribution in [0, 0.1) is 5.82 Å². The molecule has 0 spiro atoms. The molecule has 12 heteroatoms. The Balaban J connectivity index is 1.99. The van der Waals surface area contributed by atoms with Crippen molar-refractivity contribution >= 4 is 27.6 Å². The van der Waals surface area contributed by atoms with Gasteiger partial charge in [0.15, 0.2) is 5.82 Å². The summed E-state index contributed by atoms with van der Waals surface area (Å²) in [6.45, 7) is 5.12. The van der Waals surface area contributed by atoms with Crippen molar-refractivity contribution in [3.63, 3.8) is 0 Å². The van der Waals surface area contributed by atoms with Gasteiger partial charge in [0.2, 0.25) is 6.29 Å². The smallest absolute Gasteiger partial charge is 0.415 e. The quantitative estimate of drug-likeness (QED) is 0.427. The minimum Gasteiger partial charge on any atom is -0.460 e. The van der Waals surface area contributed by atoms with Gasteiger partial charge < -0.3 is 24.4 Å². The van der Waals surface area contributed by atoms with Gasteiger partial charge in [0.05, 0.1) is 5.69 Å². The largest absolute Gasteiger partial charge is 0.460 e. The summed E-state index contributed by atoms with van der Waals surface area (Å²) in [6.07, 6.45) is -1.91. The van der Waals surface area contributed by atoms with Crippen molar-refractivity contribution in [2.45, 2.75) is 26.6 Å². The summed E-state index contributed by atoms with van der Waals surface area (Å²) < 4.78 is 54.4. The second-order valence-corrected chi connectivity index (χ2v) is 10.3. The zero-order valence-electron chi connectivity index (χ0n) is 21.5. The van der Waals surface area contributed by atoms with Crippen LogP contribution in [-0.2, 0) is 16.6 Å². The van der Waals surface area contributed by atoms with Gasteiger partial charge in [-0.25, -0.2) is 13.9 Å². The van der Waals surface area contributed by atoms with E-state index in [0.29, 0.717) is 36.5 Å². The predicted octanol–water partition coefficient (Wildman–Crippen LogP) is 2.81. The molecule has 3 rings (SSSR count). The van der Waals surface area contributed by atoms with Crippen LogP contribution in [0.4, 0.5) is 14.9 Å². The van der Waals surface area contributed by atoms with Crippen LogP contribution in [0.15, 0.2) is 42.0 Å². The zero-order valence-corrected chi connectivity index (χ0v) is 22.4. The summed E-state index contributed by atoms with van der Waals surface area (Å²) >= 11 is 0. The number of aliphatic hydroxyl groups is 1. The molecule has 202 valence electrons. The number of ether oxygens (including phenoxy) is 2.